The van der Waals surface area contributed by atoms with Crippen molar-refractivity contribution in [2.45, 2.75) is 12.8 Å². The SMILES string of the molecule is COc1cc(C(=O)N2CCC(C(=O)Nc3ccccc3Br)CC2)cc(OC)c1OC. The highest BCUT2D eigenvalue weighted by molar-refractivity contribution is 9.10. The summed E-state index contributed by atoms with van der Waals surface area (Å²) in [4.78, 5) is 27.4. The second-order valence-corrected chi connectivity index (χ2v) is 7.80. The van der Waals surface area contributed by atoms with Gasteiger partial charge in [-0.15, -0.1) is 0 Å². The molecule has 2 aromatic rings. The van der Waals surface area contributed by atoms with Gasteiger partial charge in [0.05, 0.1) is 27.0 Å². The van der Waals surface area contributed by atoms with Crippen LogP contribution in [0.25, 0.3) is 0 Å². The van der Waals surface area contributed by atoms with Crippen molar-refractivity contribution in [1.82, 2.24) is 4.90 Å². The topological polar surface area (TPSA) is 77.1 Å². The Labute approximate surface area is 184 Å². The van der Waals surface area contributed by atoms with Crippen LogP contribution >= 0.6 is 15.9 Å². The Bertz CT molecular complexity index is 900. The normalized spacial score (nSPS) is 14.2. The van der Waals surface area contributed by atoms with Crippen LogP contribution in [0.2, 0.25) is 0 Å². The van der Waals surface area contributed by atoms with Crippen molar-refractivity contribution in [1.29, 1.82) is 0 Å². The Hall–Kier alpha value is -2.74. The second-order valence-electron chi connectivity index (χ2n) is 6.95. The molecule has 0 aliphatic carbocycles. The zero-order chi connectivity index (χ0) is 21.7. The van der Waals surface area contributed by atoms with Crippen LogP contribution in [0.3, 0.4) is 0 Å². The van der Waals surface area contributed by atoms with Crippen LogP contribution in [-0.4, -0.2) is 51.1 Å². The van der Waals surface area contributed by atoms with E-state index >= 15 is 0 Å². The summed E-state index contributed by atoms with van der Waals surface area (Å²) in [6, 6.07) is 10.8. The molecule has 1 aliphatic heterocycles. The van der Waals surface area contributed by atoms with Crippen LogP contribution in [0.1, 0.15) is 23.2 Å². The number of carbonyl (C=O) groups excluding carboxylic acids is 2. The maximum absolute atomic E-state index is 13.0. The van der Waals surface area contributed by atoms with E-state index in [2.05, 4.69) is 21.2 Å². The van der Waals surface area contributed by atoms with Gasteiger partial charge in [-0.25, -0.2) is 0 Å². The Morgan fingerprint density at radius 2 is 1.60 bits per heavy atom. The summed E-state index contributed by atoms with van der Waals surface area (Å²) in [6.45, 7) is 1.01. The first kappa shape index (κ1) is 22.0. The minimum absolute atomic E-state index is 0.0261. The van der Waals surface area contributed by atoms with Crippen LogP contribution in [0, 0.1) is 5.92 Å². The summed E-state index contributed by atoms with van der Waals surface area (Å²) in [7, 11) is 4.55. The average Bonchev–Trinajstić information content (AvgIpc) is 2.79. The van der Waals surface area contributed by atoms with Gasteiger partial charge < -0.3 is 24.4 Å². The summed E-state index contributed by atoms with van der Waals surface area (Å²) in [5, 5.41) is 2.96. The molecule has 1 heterocycles. The smallest absolute Gasteiger partial charge is 0.254 e. The van der Waals surface area contributed by atoms with Crippen LogP contribution < -0.4 is 19.5 Å². The van der Waals surface area contributed by atoms with E-state index in [0.717, 1.165) is 10.2 Å². The third-order valence-corrected chi connectivity index (χ3v) is 5.89. The summed E-state index contributed by atoms with van der Waals surface area (Å²) >= 11 is 3.44. The first-order valence-corrected chi connectivity index (χ1v) is 10.4. The molecule has 30 heavy (non-hydrogen) atoms. The lowest BCUT2D eigenvalue weighted by molar-refractivity contribution is -0.121. The number of hydrogen-bond acceptors (Lipinski definition) is 5. The quantitative estimate of drug-likeness (QED) is 0.682. The van der Waals surface area contributed by atoms with E-state index in [1.54, 1.807) is 17.0 Å². The lowest BCUT2D eigenvalue weighted by Crippen LogP contribution is -2.41. The predicted molar refractivity (Wildman–Crippen MR) is 117 cm³/mol. The molecule has 3 rings (SSSR count). The summed E-state index contributed by atoms with van der Waals surface area (Å²) < 4.78 is 16.8. The number of piperidine rings is 1. The molecule has 1 saturated heterocycles. The first-order chi connectivity index (χ1) is 14.5. The maximum atomic E-state index is 13.0. The van der Waals surface area contributed by atoms with Crippen LogP contribution in [0.15, 0.2) is 40.9 Å². The molecule has 8 heteroatoms. The van der Waals surface area contributed by atoms with Gasteiger partial charge in [0.25, 0.3) is 5.91 Å². The number of para-hydroxylation sites is 1. The Balaban J connectivity index is 1.65. The first-order valence-electron chi connectivity index (χ1n) is 9.63. The van der Waals surface area contributed by atoms with Crippen LogP contribution in [0.4, 0.5) is 5.69 Å². The van der Waals surface area contributed by atoms with Gasteiger partial charge in [-0.1, -0.05) is 12.1 Å². The number of anilines is 1. The number of halogens is 1. The molecule has 2 amide bonds. The third kappa shape index (κ3) is 4.70. The Morgan fingerprint density at radius 3 is 2.13 bits per heavy atom. The van der Waals surface area contributed by atoms with Crippen molar-refractivity contribution in [3.63, 3.8) is 0 Å². The van der Waals surface area contributed by atoms with Crippen molar-refractivity contribution in [2.75, 3.05) is 39.7 Å². The molecular formula is C22H25BrN2O5. The minimum atomic E-state index is -0.138. The standard InChI is InChI=1S/C22H25BrN2O5/c1-28-18-12-15(13-19(29-2)20(18)30-3)22(27)25-10-8-14(9-11-25)21(26)24-17-7-5-4-6-16(17)23/h4-7,12-14H,8-11H2,1-3H3,(H,24,26). The van der Waals surface area contributed by atoms with Crippen LogP contribution in [-0.2, 0) is 4.79 Å². The molecule has 0 radical (unpaired) electrons. The van der Waals surface area contributed by atoms with Crippen molar-refractivity contribution in [2.24, 2.45) is 5.92 Å². The van der Waals surface area contributed by atoms with Gasteiger partial charge in [0.15, 0.2) is 11.5 Å². The van der Waals surface area contributed by atoms with Gasteiger partial charge in [-0.05, 0) is 53.0 Å². The van der Waals surface area contributed by atoms with E-state index in [9.17, 15) is 9.59 Å². The third-order valence-electron chi connectivity index (χ3n) is 5.20. The predicted octanol–water partition coefficient (Wildman–Crippen LogP) is 3.97. The number of rotatable bonds is 6. The van der Waals surface area contributed by atoms with Crippen molar-refractivity contribution < 1.29 is 23.8 Å². The Kier molecular flexibility index (Phi) is 7.20. The van der Waals surface area contributed by atoms with E-state index in [0.29, 0.717) is 48.7 Å². The molecule has 0 spiro atoms. The van der Waals surface area contributed by atoms with Crippen molar-refractivity contribution in [3.8, 4) is 17.2 Å². The number of methoxy groups -OCH3 is 3. The van der Waals surface area contributed by atoms with E-state index in [4.69, 9.17) is 14.2 Å². The Morgan fingerprint density at radius 1 is 1.00 bits per heavy atom. The van der Waals surface area contributed by atoms with Gasteiger partial charge >= 0.3 is 0 Å². The number of nitrogens with zero attached hydrogens (tertiary/aromatic N) is 1. The zero-order valence-electron chi connectivity index (χ0n) is 17.2. The van der Waals surface area contributed by atoms with Gasteiger partial charge in [0.1, 0.15) is 0 Å². The van der Waals surface area contributed by atoms with Gasteiger partial charge in [0, 0.05) is 29.0 Å². The fraction of sp³-hybridized carbons (Fsp3) is 0.364. The second kappa shape index (κ2) is 9.84. The van der Waals surface area contributed by atoms with E-state index in [1.807, 2.05) is 24.3 Å². The highest BCUT2D eigenvalue weighted by atomic mass is 79.9. The number of carbonyl (C=O) groups is 2. The molecule has 0 saturated carbocycles. The molecule has 7 nitrogen and oxygen atoms in total. The minimum Gasteiger partial charge on any atom is -0.493 e. The van der Waals surface area contributed by atoms with Crippen molar-refractivity contribution >= 4 is 33.4 Å². The molecule has 0 atom stereocenters. The number of hydrogen-bond donors (Lipinski definition) is 1. The highest BCUT2D eigenvalue weighted by Gasteiger charge is 2.29. The van der Waals surface area contributed by atoms with Crippen LogP contribution in [0.5, 0.6) is 17.2 Å². The number of likely N-dealkylation sites (tertiary alicyclic amines) is 1. The molecule has 1 aliphatic rings. The molecule has 2 aromatic carbocycles. The lowest BCUT2D eigenvalue weighted by atomic mass is 9.95. The van der Waals surface area contributed by atoms with Gasteiger partial charge in [-0.2, -0.15) is 0 Å². The summed E-state index contributed by atoms with van der Waals surface area (Å²) in [5.41, 5.74) is 1.21. The molecule has 0 bridgehead atoms. The molecular weight excluding hydrogens is 452 g/mol. The van der Waals surface area contributed by atoms with E-state index in [-0.39, 0.29) is 17.7 Å². The van der Waals surface area contributed by atoms with E-state index < -0.39 is 0 Å². The van der Waals surface area contributed by atoms with Gasteiger partial charge in [0.2, 0.25) is 11.7 Å². The maximum Gasteiger partial charge on any atom is 0.254 e. The zero-order valence-corrected chi connectivity index (χ0v) is 18.8. The van der Waals surface area contributed by atoms with Gasteiger partial charge in [-0.3, -0.25) is 9.59 Å². The monoisotopic (exact) mass is 476 g/mol. The summed E-state index contributed by atoms with van der Waals surface area (Å²) in [5.74, 6) is 1.02. The average molecular weight is 477 g/mol. The molecule has 0 aromatic heterocycles. The fourth-order valence-corrected chi connectivity index (χ4v) is 3.91. The highest BCUT2D eigenvalue weighted by Crippen LogP contribution is 2.38. The largest absolute Gasteiger partial charge is 0.493 e. The molecule has 0 unspecified atom stereocenters. The number of amides is 2. The van der Waals surface area contributed by atoms with E-state index in [1.165, 1.54) is 21.3 Å². The number of ether oxygens (including phenoxy) is 3. The molecule has 1 fully saturated rings. The lowest BCUT2D eigenvalue weighted by Gasteiger charge is -2.31. The van der Waals surface area contributed by atoms with Crippen molar-refractivity contribution in [3.05, 3.63) is 46.4 Å². The molecule has 1 N–H and O–H groups in total. The number of benzene rings is 2. The number of nitrogens with one attached hydrogen (secondary N) is 1. The molecule has 160 valence electrons. The fourth-order valence-electron chi connectivity index (χ4n) is 3.53. The summed E-state index contributed by atoms with van der Waals surface area (Å²) in [6.07, 6.45) is 1.21.